The first-order chi connectivity index (χ1) is 14.9. The quantitative estimate of drug-likeness (QED) is 0.658. The molecule has 0 bridgehead atoms. The zero-order chi connectivity index (χ0) is 21.8. The van der Waals surface area contributed by atoms with Crippen LogP contribution in [0.25, 0.3) is 11.0 Å². The Kier molecular flexibility index (Phi) is 4.97. The van der Waals surface area contributed by atoms with Crippen LogP contribution in [0, 0.1) is 0 Å². The van der Waals surface area contributed by atoms with Gasteiger partial charge in [-0.15, -0.1) is 0 Å². The van der Waals surface area contributed by atoms with Crippen molar-refractivity contribution in [1.82, 2.24) is 19.9 Å². The van der Waals surface area contributed by atoms with Crippen molar-refractivity contribution in [2.75, 3.05) is 42.9 Å². The van der Waals surface area contributed by atoms with Gasteiger partial charge in [0.25, 0.3) is 0 Å². The number of aromatic nitrogens is 4. The first kappa shape index (κ1) is 20.4. The summed E-state index contributed by atoms with van der Waals surface area (Å²) in [6, 6.07) is 8.36. The molecule has 2 aromatic heterocycles. The van der Waals surface area contributed by atoms with Crippen LogP contribution >= 0.6 is 11.8 Å². The maximum Gasteiger partial charge on any atom is 0.234 e. The second-order valence-corrected chi connectivity index (χ2v) is 10.1. The van der Waals surface area contributed by atoms with E-state index in [2.05, 4.69) is 36.9 Å². The number of thioether (sulfide) groups is 1. The van der Waals surface area contributed by atoms with Gasteiger partial charge in [0.1, 0.15) is 12.3 Å². The summed E-state index contributed by atoms with van der Waals surface area (Å²) in [5.74, 6) is 2.93. The normalized spacial score (nSPS) is 20.9. The van der Waals surface area contributed by atoms with Crippen molar-refractivity contribution in [2.45, 2.75) is 37.6 Å². The van der Waals surface area contributed by atoms with Gasteiger partial charge in [0.05, 0.1) is 41.1 Å². The molecular formula is C22H28N6O2S. The minimum atomic E-state index is -0.237. The van der Waals surface area contributed by atoms with Crippen LogP contribution in [0.2, 0.25) is 0 Å². The molecule has 164 valence electrons. The van der Waals surface area contributed by atoms with E-state index in [9.17, 15) is 0 Å². The summed E-state index contributed by atoms with van der Waals surface area (Å²) in [6.45, 7) is 8.41. The fourth-order valence-corrected chi connectivity index (χ4v) is 4.50. The minimum absolute atomic E-state index is 0.153. The van der Waals surface area contributed by atoms with Gasteiger partial charge in [-0.05, 0) is 39.2 Å². The number of nitrogens with zero attached hydrogens (tertiary/aromatic N) is 5. The van der Waals surface area contributed by atoms with Crippen LogP contribution in [0.5, 0.6) is 5.75 Å². The number of hydrogen-bond donors (Lipinski definition) is 1. The van der Waals surface area contributed by atoms with E-state index >= 15 is 0 Å². The molecule has 0 spiro atoms. The third-order valence-electron chi connectivity index (χ3n) is 6.11. The molecule has 4 heterocycles. The largest absolute Gasteiger partial charge is 0.486 e. The van der Waals surface area contributed by atoms with E-state index in [1.54, 1.807) is 11.8 Å². The number of hydrogen-bond acceptors (Lipinski definition) is 8. The highest BCUT2D eigenvalue weighted by Gasteiger charge is 2.40. The van der Waals surface area contributed by atoms with Crippen LogP contribution in [0.15, 0.2) is 24.3 Å². The Labute approximate surface area is 186 Å². The monoisotopic (exact) mass is 440 g/mol. The topological polar surface area (TPSA) is 79.4 Å². The maximum atomic E-state index is 6.25. The lowest BCUT2D eigenvalue weighted by atomic mass is 10.0. The molecular weight excluding hydrogens is 412 g/mol. The smallest absolute Gasteiger partial charge is 0.234 e. The molecule has 9 heteroatoms. The Morgan fingerprint density at radius 2 is 1.97 bits per heavy atom. The number of anilines is 3. The zero-order valence-corrected chi connectivity index (χ0v) is 19.4. The van der Waals surface area contributed by atoms with Crippen LogP contribution < -0.4 is 14.5 Å². The Morgan fingerprint density at radius 3 is 2.74 bits per heavy atom. The molecule has 1 aromatic carbocycles. The van der Waals surface area contributed by atoms with Gasteiger partial charge in [-0.25, -0.2) is 9.97 Å². The molecule has 2 aliphatic rings. The van der Waals surface area contributed by atoms with Crippen molar-refractivity contribution in [1.29, 1.82) is 0 Å². The standard InChI is InChI=1S/C22H28N6O2S/c1-13-10-29-11-14-12-30-17-18(22(2,3)31-5)25-21(26-19(17)28(13)14)27(4)20-23-15-8-6-7-9-16(15)24-20/h6-9,13-14H,10-12H2,1-5H3,(H,23,24)/t13-,14+/m1/s1. The van der Waals surface area contributed by atoms with E-state index < -0.39 is 0 Å². The Hall–Kier alpha value is -2.52. The third kappa shape index (κ3) is 3.40. The first-order valence-electron chi connectivity index (χ1n) is 10.5. The SMILES string of the molecule is CSC(C)(C)c1nc(N(C)c2nc3ccccc3[nH]2)nc2c1OC[C@@H]1COC[C@@H](C)N21. The maximum absolute atomic E-state index is 6.25. The predicted octanol–water partition coefficient (Wildman–Crippen LogP) is 3.71. The minimum Gasteiger partial charge on any atom is -0.486 e. The van der Waals surface area contributed by atoms with Crippen molar-refractivity contribution in [2.24, 2.45) is 0 Å². The van der Waals surface area contributed by atoms with Gasteiger partial charge in [-0.1, -0.05) is 12.1 Å². The molecule has 1 saturated heterocycles. The number of H-pyrrole nitrogens is 1. The average Bonchev–Trinajstić information content (AvgIpc) is 3.22. The lowest BCUT2D eigenvalue weighted by Gasteiger charge is -2.45. The third-order valence-corrected chi connectivity index (χ3v) is 7.33. The van der Waals surface area contributed by atoms with Crippen LogP contribution in [0.3, 0.4) is 0 Å². The van der Waals surface area contributed by atoms with Gasteiger partial charge in [0.2, 0.25) is 11.9 Å². The second kappa shape index (κ2) is 7.56. The number of para-hydroxylation sites is 2. The fourth-order valence-electron chi connectivity index (χ4n) is 4.17. The number of morpholine rings is 1. The van der Waals surface area contributed by atoms with E-state index in [-0.39, 0.29) is 16.8 Å². The summed E-state index contributed by atoms with van der Waals surface area (Å²) in [4.78, 5) is 22.3. The first-order valence-corrected chi connectivity index (χ1v) is 11.8. The number of aromatic amines is 1. The van der Waals surface area contributed by atoms with Gasteiger partial charge >= 0.3 is 0 Å². The van der Waals surface area contributed by atoms with Gasteiger partial charge in [0.15, 0.2) is 11.6 Å². The number of ether oxygens (including phenoxy) is 2. The van der Waals surface area contributed by atoms with Crippen molar-refractivity contribution >= 4 is 40.5 Å². The molecule has 0 aliphatic carbocycles. The van der Waals surface area contributed by atoms with Crippen molar-refractivity contribution in [3.63, 3.8) is 0 Å². The van der Waals surface area contributed by atoms with Gasteiger partial charge in [-0.3, -0.25) is 4.90 Å². The predicted molar refractivity (Wildman–Crippen MR) is 125 cm³/mol. The second-order valence-electron chi connectivity index (χ2n) is 8.63. The average molecular weight is 441 g/mol. The van der Waals surface area contributed by atoms with Crippen molar-refractivity contribution < 1.29 is 9.47 Å². The van der Waals surface area contributed by atoms with Crippen LogP contribution in [-0.4, -0.2) is 65.1 Å². The molecule has 31 heavy (non-hydrogen) atoms. The van der Waals surface area contributed by atoms with Crippen molar-refractivity contribution in [3.8, 4) is 5.75 Å². The lowest BCUT2D eigenvalue weighted by molar-refractivity contribution is 0.0482. The lowest BCUT2D eigenvalue weighted by Crippen LogP contribution is -2.56. The molecule has 0 amide bonds. The molecule has 2 aliphatic heterocycles. The molecule has 3 aromatic rings. The zero-order valence-electron chi connectivity index (χ0n) is 18.5. The summed E-state index contributed by atoms with van der Waals surface area (Å²) in [5.41, 5.74) is 2.80. The summed E-state index contributed by atoms with van der Waals surface area (Å²) >= 11 is 1.75. The number of fused-ring (bicyclic) bond motifs is 4. The summed E-state index contributed by atoms with van der Waals surface area (Å²) in [5, 5.41) is 0. The highest BCUT2D eigenvalue weighted by atomic mass is 32.2. The summed E-state index contributed by atoms with van der Waals surface area (Å²) in [7, 11) is 1.94. The number of rotatable bonds is 4. The molecule has 0 unspecified atom stereocenters. The van der Waals surface area contributed by atoms with E-state index in [0.717, 1.165) is 28.3 Å². The molecule has 0 saturated carbocycles. The number of nitrogens with one attached hydrogen (secondary N) is 1. The molecule has 1 fully saturated rings. The van der Waals surface area contributed by atoms with Gasteiger partial charge in [-0.2, -0.15) is 16.7 Å². The molecule has 8 nitrogen and oxygen atoms in total. The van der Waals surface area contributed by atoms with Crippen LogP contribution in [0.1, 0.15) is 26.5 Å². The molecule has 2 atom stereocenters. The molecule has 1 N–H and O–H groups in total. The van der Waals surface area contributed by atoms with Gasteiger partial charge < -0.3 is 19.4 Å². The summed E-state index contributed by atoms with van der Waals surface area (Å²) in [6.07, 6.45) is 2.10. The highest BCUT2D eigenvalue weighted by Crippen LogP contribution is 2.46. The Balaban J connectivity index is 1.65. The highest BCUT2D eigenvalue weighted by molar-refractivity contribution is 7.99. The van der Waals surface area contributed by atoms with E-state index in [1.165, 1.54) is 0 Å². The van der Waals surface area contributed by atoms with E-state index in [0.29, 0.717) is 31.7 Å². The Bertz CT molecular complexity index is 1080. The summed E-state index contributed by atoms with van der Waals surface area (Å²) < 4.78 is 11.8. The van der Waals surface area contributed by atoms with Crippen molar-refractivity contribution in [3.05, 3.63) is 30.0 Å². The van der Waals surface area contributed by atoms with E-state index in [4.69, 9.17) is 24.4 Å². The molecule has 0 radical (unpaired) electrons. The van der Waals surface area contributed by atoms with Gasteiger partial charge in [0, 0.05) is 7.05 Å². The molecule has 5 rings (SSSR count). The number of imidazole rings is 1. The Morgan fingerprint density at radius 1 is 1.16 bits per heavy atom. The van der Waals surface area contributed by atoms with E-state index in [1.807, 2.05) is 36.2 Å². The van der Waals surface area contributed by atoms with Crippen LogP contribution in [-0.2, 0) is 9.48 Å². The van der Waals surface area contributed by atoms with Crippen LogP contribution in [0.4, 0.5) is 17.7 Å². The number of benzene rings is 1. The fraction of sp³-hybridized carbons (Fsp3) is 0.500.